The van der Waals surface area contributed by atoms with Crippen molar-refractivity contribution in [2.45, 2.75) is 6.42 Å². The number of benzene rings is 1. The molecule has 0 spiro atoms. The van der Waals surface area contributed by atoms with Gasteiger partial charge in [-0.1, -0.05) is 0 Å². The SMILES string of the molecule is O=C1NCCc2cc3c(cc21)OCCO3. The molecule has 3 rings (SSSR count). The van der Waals surface area contributed by atoms with Crippen LogP contribution in [-0.4, -0.2) is 25.7 Å². The van der Waals surface area contributed by atoms with Crippen molar-refractivity contribution in [3.05, 3.63) is 23.3 Å². The maximum Gasteiger partial charge on any atom is 0.251 e. The predicted molar refractivity (Wildman–Crippen MR) is 53.5 cm³/mol. The number of hydrogen-bond donors (Lipinski definition) is 1. The molecule has 0 bridgehead atoms. The van der Waals surface area contributed by atoms with Crippen molar-refractivity contribution in [1.29, 1.82) is 0 Å². The highest BCUT2D eigenvalue weighted by Crippen LogP contribution is 2.34. The van der Waals surface area contributed by atoms with E-state index in [0.717, 1.165) is 17.7 Å². The summed E-state index contributed by atoms with van der Waals surface area (Å²) in [5, 5.41) is 2.81. The van der Waals surface area contributed by atoms with E-state index in [-0.39, 0.29) is 5.91 Å². The van der Waals surface area contributed by atoms with Gasteiger partial charge in [0.15, 0.2) is 11.5 Å². The molecule has 0 fully saturated rings. The second kappa shape index (κ2) is 3.15. The average molecular weight is 205 g/mol. The van der Waals surface area contributed by atoms with E-state index in [4.69, 9.17) is 9.47 Å². The van der Waals surface area contributed by atoms with Crippen LogP contribution in [0.1, 0.15) is 15.9 Å². The molecule has 78 valence electrons. The Labute approximate surface area is 87.2 Å². The van der Waals surface area contributed by atoms with Crippen molar-refractivity contribution in [2.75, 3.05) is 19.8 Å². The van der Waals surface area contributed by atoms with Crippen LogP contribution in [0.3, 0.4) is 0 Å². The predicted octanol–water partition coefficient (Wildman–Crippen LogP) is 0.744. The lowest BCUT2D eigenvalue weighted by atomic mass is 9.99. The molecule has 1 aromatic rings. The molecule has 2 aliphatic heterocycles. The van der Waals surface area contributed by atoms with Crippen LogP contribution in [0.15, 0.2) is 12.1 Å². The second-order valence-electron chi connectivity index (χ2n) is 3.66. The molecule has 1 N–H and O–H groups in total. The zero-order valence-electron chi connectivity index (χ0n) is 8.21. The van der Waals surface area contributed by atoms with Gasteiger partial charge < -0.3 is 14.8 Å². The van der Waals surface area contributed by atoms with Crippen molar-refractivity contribution >= 4 is 5.91 Å². The minimum Gasteiger partial charge on any atom is -0.486 e. The van der Waals surface area contributed by atoms with Crippen molar-refractivity contribution in [3.63, 3.8) is 0 Å². The lowest BCUT2D eigenvalue weighted by molar-refractivity contribution is 0.0944. The fourth-order valence-electron chi connectivity index (χ4n) is 1.96. The van der Waals surface area contributed by atoms with Crippen molar-refractivity contribution < 1.29 is 14.3 Å². The Bertz CT molecular complexity index is 428. The van der Waals surface area contributed by atoms with Crippen molar-refractivity contribution in [3.8, 4) is 11.5 Å². The van der Waals surface area contributed by atoms with E-state index < -0.39 is 0 Å². The molecule has 4 heteroatoms. The van der Waals surface area contributed by atoms with Crippen molar-refractivity contribution in [2.24, 2.45) is 0 Å². The summed E-state index contributed by atoms with van der Waals surface area (Å²) in [6.07, 6.45) is 0.859. The largest absolute Gasteiger partial charge is 0.486 e. The molecule has 2 heterocycles. The highest BCUT2D eigenvalue weighted by atomic mass is 16.6. The molecular weight excluding hydrogens is 194 g/mol. The molecule has 15 heavy (non-hydrogen) atoms. The number of fused-ring (bicyclic) bond motifs is 2. The number of carbonyl (C=O) groups excluding carboxylic acids is 1. The van der Waals surface area contributed by atoms with Crippen LogP contribution in [0.5, 0.6) is 11.5 Å². The fourth-order valence-corrected chi connectivity index (χ4v) is 1.96. The lowest BCUT2D eigenvalue weighted by Crippen LogP contribution is -2.32. The molecule has 0 radical (unpaired) electrons. The summed E-state index contributed by atoms with van der Waals surface area (Å²) in [6, 6.07) is 3.70. The Hall–Kier alpha value is -1.71. The molecule has 0 aliphatic carbocycles. The average Bonchev–Trinajstić information content (AvgIpc) is 2.27. The van der Waals surface area contributed by atoms with Crippen LogP contribution in [0.25, 0.3) is 0 Å². The monoisotopic (exact) mass is 205 g/mol. The third kappa shape index (κ3) is 1.33. The van der Waals surface area contributed by atoms with Crippen LogP contribution < -0.4 is 14.8 Å². The summed E-state index contributed by atoms with van der Waals surface area (Å²) in [5.41, 5.74) is 1.76. The molecule has 4 nitrogen and oxygen atoms in total. The minimum absolute atomic E-state index is 0.0202. The van der Waals surface area contributed by atoms with E-state index in [1.54, 1.807) is 6.07 Å². The summed E-state index contributed by atoms with van der Waals surface area (Å²) in [6.45, 7) is 1.83. The molecule has 0 atom stereocenters. The third-order valence-electron chi connectivity index (χ3n) is 2.69. The maximum atomic E-state index is 11.6. The number of rotatable bonds is 0. The number of carbonyl (C=O) groups is 1. The van der Waals surface area contributed by atoms with Gasteiger partial charge >= 0.3 is 0 Å². The van der Waals surface area contributed by atoms with Crippen molar-refractivity contribution in [1.82, 2.24) is 5.32 Å². The molecule has 0 aromatic heterocycles. The number of nitrogens with one attached hydrogen (secondary N) is 1. The van der Waals surface area contributed by atoms with Gasteiger partial charge in [0.1, 0.15) is 13.2 Å². The van der Waals surface area contributed by atoms with E-state index in [1.165, 1.54) is 0 Å². The lowest BCUT2D eigenvalue weighted by Gasteiger charge is -2.23. The molecule has 2 aliphatic rings. The van der Waals surface area contributed by atoms with Crippen LogP contribution in [0, 0.1) is 0 Å². The number of amides is 1. The summed E-state index contributed by atoms with van der Waals surface area (Å²) >= 11 is 0. The zero-order valence-corrected chi connectivity index (χ0v) is 8.21. The van der Waals surface area contributed by atoms with Gasteiger partial charge in [-0.3, -0.25) is 4.79 Å². The molecule has 0 saturated heterocycles. The third-order valence-corrected chi connectivity index (χ3v) is 2.69. The highest BCUT2D eigenvalue weighted by Gasteiger charge is 2.21. The minimum atomic E-state index is -0.0202. The van der Waals surface area contributed by atoms with Gasteiger partial charge in [-0.25, -0.2) is 0 Å². The van der Waals surface area contributed by atoms with E-state index in [0.29, 0.717) is 31.1 Å². The zero-order chi connectivity index (χ0) is 10.3. The second-order valence-corrected chi connectivity index (χ2v) is 3.66. The summed E-state index contributed by atoms with van der Waals surface area (Å²) < 4.78 is 10.9. The molecule has 0 unspecified atom stereocenters. The maximum absolute atomic E-state index is 11.6. The standard InChI is InChI=1S/C11H11NO3/c13-11-8-6-10-9(14-3-4-15-10)5-7(8)1-2-12-11/h5-6H,1-4H2,(H,12,13). The number of ether oxygens (including phenoxy) is 2. The molecule has 1 amide bonds. The Morgan fingerprint density at radius 2 is 1.87 bits per heavy atom. The van der Waals surface area contributed by atoms with E-state index in [9.17, 15) is 4.79 Å². The highest BCUT2D eigenvalue weighted by molar-refractivity contribution is 5.97. The topological polar surface area (TPSA) is 47.6 Å². The molecule has 0 saturated carbocycles. The first-order valence-corrected chi connectivity index (χ1v) is 5.05. The van der Waals surface area contributed by atoms with Gasteiger partial charge in [0.2, 0.25) is 0 Å². The Morgan fingerprint density at radius 1 is 1.13 bits per heavy atom. The van der Waals surface area contributed by atoms with Crippen LogP contribution in [-0.2, 0) is 6.42 Å². The van der Waals surface area contributed by atoms with E-state index >= 15 is 0 Å². The smallest absolute Gasteiger partial charge is 0.251 e. The Morgan fingerprint density at radius 3 is 2.67 bits per heavy atom. The van der Waals surface area contributed by atoms with Gasteiger partial charge in [-0.15, -0.1) is 0 Å². The fraction of sp³-hybridized carbons (Fsp3) is 0.364. The van der Waals surface area contributed by atoms with Gasteiger partial charge in [0.25, 0.3) is 5.91 Å². The normalized spacial score (nSPS) is 18.0. The van der Waals surface area contributed by atoms with E-state index in [2.05, 4.69) is 5.32 Å². The first kappa shape index (κ1) is 8.59. The van der Waals surface area contributed by atoms with Gasteiger partial charge in [0, 0.05) is 12.1 Å². The van der Waals surface area contributed by atoms with Crippen LogP contribution >= 0.6 is 0 Å². The van der Waals surface area contributed by atoms with Gasteiger partial charge in [-0.2, -0.15) is 0 Å². The summed E-state index contributed by atoms with van der Waals surface area (Å²) in [5.74, 6) is 1.42. The molecular formula is C11H11NO3. The van der Waals surface area contributed by atoms with Crippen LogP contribution in [0.2, 0.25) is 0 Å². The van der Waals surface area contributed by atoms with Crippen LogP contribution in [0.4, 0.5) is 0 Å². The number of hydrogen-bond acceptors (Lipinski definition) is 3. The summed E-state index contributed by atoms with van der Waals surface area (Å²) in [7, 11) is 0. The van der Waals surface area contributed by atoms with Gasteiger partial charge in [-0.05, 0) is 24.1 Å². The van der Waals surface area contributed by atoms with Gasteiger partial charge in [0.05, 0.1) is 0 Å². The summed E-state index contributed by atoms with van der Waals surface area (Å²) in [4.78, 5) is 11.6. The van der Waals surface area contributed by atoms with E-state index in [1.807, 2.05) is 6.07 Å². The molecule has 1 aromatic carbocycles. The first-order valence-electron chi connectivity index (χ1n) is 5.05. The quantitative estimate of drug-likeness (QED) is 0.679. The Balaban J connectivity index is 2.12. The Kier molecular flexibility index (Phi) is 1.80. The first-order chi connectivity index (χ1) is 7.34.